The molecular weight excluding hydrogens is 365 g/mol. The van der Waals surface area contributed by atoms with Crippen molar-refractivity contribution in [3.8, 4) is 11.4 Å². The lowest BCUT2D eigenvalue weighted by Crippen LogP contribution is -2.26. The van der Waals surface area contributed by atoms with Crippen LogP contribution < -0.4 is 5.32 Å². The minimum absolute atomic E-state index is 0.0616. The van der Waals surface area contributed by atoms with E-state index in [-0.39, 0.29) is 11.8 Å². The topological polar surface area (TPSA) is 84.2 Å². The number of nitrogens with zero attached hydrogens (tertiary/aromatic N) is 4. The first-order valence-electron chi connectivity index (χ1n) is 9.63. The third-order valence-electron chi connectivity index (χ3n) is 5.26. The molecule has 8 heteroatoms. The molecule has 1 aliphatic rings. The molecule has 1 amide bonds. The number of aromatic nitrogens is 3. The summed E-state index contributed by atoms with van der Waals surface area (Å²) < 4.78 is 5.39. The molecule has 4 rings (SSSR count). The first-order chi connectivity index (χ1) is 14.0. The van der Waals surface area contributed by atoms with Crippen LogP contribution in [0.25, 0.3) is 11.4 Å². The Morgan fingerprint density at radius 3 is 2.83 bits per heavy atom. The fraction of sp³-hybridized carbons (Fsp3) is 0.333. The minimum atomic E-state index is -0.105. The van der Waals surface area contributed by atoms with E-state index in [0.29, 0.717) is 30.5 Å². The number of aryl methyl sites for hydroxylation is 2. The summed E-state index contributed by atoms with van der Waals surface area (Å²) in [5.74, 6) is 1.35. The van der Waals surface area contributed by atoms with E-state index in [0.717, 1.165) is 24.1 Å². The second-order valence-corrected chi connectivity index (χ2v) is 7.51. The second-order valence-electron chi connectivity index (χ2n) is 7.51. The lowest BCUT2D eigenvalue weighted by molar-refractivity contribution is -0.119. The Labute approximate surface area is 171 Å². The molecule has 1 saturated heterocycles. The molecule has 0 unspecified atom stereocenters. The molecule has 0 spiro atoms. The van der Waals surface area contributed by atoms with Crippen molar-refractivity contribution >= 4 is 19.7 Å². The molecule has 146 valence electrons. The number of amides is 1. The van der Waals surface area contributed by atoms with Gasteiger partial charge in [-0.05, 0) is 62.2 Å². The van der Waals surface area contributed by atoms with Gasteiger partial charge in [-0.1, -0.05) is 23.4 Å². The molecule has 0 aliphatic carbocycles. The van der Waals surface area contributed by atoms with Crippen molar-refractivity contribution in [3.63, 3.8) is 0 Å². The first-order valence-corrected chi connectivity index (χ1v) is 9.63. The van der Waals surface area contributed by atoms with Crippen LogP contribution in [0.2, 0.25) is 0 Å². The van der Waals surface area contributed by atoms with Gasteiger partial charge < -0.3 is 14.7 Å². The molecule has 1 N–H and O–H groups in total. The number of anilines is 1. The molecule has 1 fully saturated rings. The zero-order valence-corrected chi connectivity index (χ0v) is 16.6. The van der Waals surface area contributed by atoms with Gasteiger partial charge in [0.05, 0.1) is 12.3 Å². The van der Waals surface area contributed by atoms with Crippen molar-refractivity contribution < 1.29 is 9.32 Å². The van der Waals surface area contributed by atoms with Gasteiger partial charge in [-0.15, -0.1) is 0 Å². The number of nitrogens with one attached hydrogen (secondary N) is 1. The normalized spacial score (nSPS) is 16.8. The lowest BCUT2D eigenvalue weighted by Gasteiger charge is -2.11. The van der Waals surface area contributed by atoms with Gasteiger partial charge in [-0.2, -0.15) is 4.98 Å². The van der Waals surface area contributed by atoms with Crippen molar-refractivity contribution in [3.05, 3.63) is 59.1 Å². The molecule has 3 aromatic rings. The van der Waals surface area contributed by atoms with Crippen LogP contribution in [0.3, 0.4) is 0 Å². The van der Waals surface area contributed by atoms with Gasteiger partial charge in [0, 0.05) is 11.8 Å². The predicted octanol–water partition coefficient (Wildman–Crippen LogP) is 2.68. The maximum absolute atomic E-state index is 12.3. The highest BCUT2D eigenvalue weighted by atomic mass is 16.5. The maximum atomic E-state index is 12.3. The smallest absolute Gasteiger partial charge is 0.231 e. The zero-order chi connectivity index (χ0) is 20.4. The average Bonchev–Trinajstić information content (AvgIpc) is 3.35. The predicted molar refractivity (Wildman–Crippen MR) is 110 cm³/mol. The van der Waals surface area contributed by atoms with Gasteiger partial charge >= 0.3 is 0 Å². The molecule has 2 aromatic heterocycles. The third kappa shape index (κ3) is 4.54. The summed E-state index contributed by atoms with van der Waals surface area (Å²) in [7, 11) is 5.72. The molecule has 0 bridgehead atoms. The summed E-state index contributed by atoms with van der Waals surface area (Å²) in [6.45, 7) is 5.47. The fourth-order valence-corrected chi connectivity index (χ4v) is 3.36. The van der Waals surface area contributed by atoms with Crippen molar-refractivity contribution in [2.45, 2.75) is 26.7 Å². The summed E-state index contributed by atoms with van der Waals surface area (Å²) in [6.07, 6.45) is 2.96. The van der Waals surface area contributed by atoms with Crippen LogP contribution >= 0.6 is 0 Å². The Bertz CT molecular complexity index is 1020. The van der Waals surface area contributed by atoms with Gasteiger partial charge in [-0.3, -0.25) is 4.79 Å². The molecule has 1 atom stereocenters. The van der Waals surface area contributed by atoms with Gasteiger partial charge in [0.25, 0.3) is 0 Å². The van der Waals surface area contributed by atoms with Crippen molar-refractivity contribution in [1.29, 1.82) is 0 Å². The van der Waals surface area contributed by atoms with Gasteiger partial charge in [-0.25, -0.2) is 4.98 Å². The average molecular weight is 387 g/mol. The molecule has 0 saturated carbocycles. The molecule has 2 radical (unpaired) electrons. The Balaban J connectivity index is 1.40. The lowest BCUT2D eigenvalue weighted by atomic mass is 10.0. The van der Waals surface area contributed by atoms with E-state index >= 15 is 0 Å². The SMILES string of the molecule is [B]N1CC[C@H](C(=O)Nc2ccc(-c3noc(Cc4ccc(C)c(C)c4)n3)cn2)C1. The van der Waals surface area contributed by atoms with E-state index in [1.807, 2.05) is 6.07 Å². The van der Waals surface area contributed by atoms with E-state index in [9.17, 15) is 4.79 Å². The largest absolute Gasteiger partial charge is 0.353 e. The summed E-state index contributed by atoms with van der Waals surface area (Å²) in [4.78, 5) is 22.7. The van der Waals surface area contributed by atoms with Crippen LogP contribution in [0, 0.1) is 19.8 Å². The van der Waals surface area contributed by atoms with Gasteiger partial charge in [0.2, 0.25) is 17.6 Å². The number of carbonyl (C=O) groups is 1. The number of hydrogen-bond donors (Lipinski definition) is 1. The quantitative estimate of drug-likeness (QED) is 0.678. The summed E-state index contributed by atoms with van der Waals surface area (Å²) >= 11 is 0. The number of benzene rings is 1. The maximum Gasteiger partial charge on any atom is 0.231 e. The highest BCUT2D eigenvalue weighted by Crippen LogP contribution is 2.20. The molecule has 1 aromatic carbocycles. The monoisotopic (exact) mass is 387 g/mol. The van der Waals surface area contributed by atoms with E-state index < -0.39 is 0 Å². The van der Waals surface area contributed by atoms with Crippen LogP contribution in [0.4, 0.5) is 5.82 Å². The van der Waals surface area contributed by atoms with Gasteiger partial charge in [0.1, 0.15) is 5.82 Å². The van der Waals surface area contributed by atoms with E-state index in [2.05, 4.69) is 52.5 Å². The minimum Gasteiger partial charge on any atom is -0.353 e. The van der Waals surface area contributed by atoms with Gasteiger partial charge in [0.15, 0.2) is 7.98 Å². The van der Waals surface area contributed by atoms with Crippen LogP contribution in [-0.2, 0) is 11.2 Å². The Hall–Kier alpha value is -3.00. The summed E-state index contributed by atoms with van der Waals surface area (Å²) in [5.41, 5.74) is 4.35. The van der Waals surface area contributed by atoms with Crippen molar-refractivity contribution in [2.24, 2.45) is 5.92 Å². The van der Waals surface area contributed by atoms with Crippen LogP contribution in [0.15, 0.2) is 41.1 Å². The summed E-state index contributed by atoms with van der Waals surface area (Å²) in [5, 5.41) is 6.89. The molecule has 1 aliphatic heterocycles. The molecule has 3 heterocycles. The standard InChI is InChI=1S/C21H22BN5O2/c1-13-3-4-15(9-14(13)2)10-19-25-20(26-29-19)16-5-6-18(23-11-16)24-21(28)17-7-8-27(22)12-17/h3-6,9,11,17H,7-8,10,12H2,1-2H3,(H,23,24,28)/t17-/m0/s1. The number of hydrogen-bond acceptors (Lipinski definition) is 6. The number of rotatable bonds is 5. The second kappa shape index (κ2) is 8.17. The Kier molecular flexibility index (Phi) is 5.44. The Morgan fingerprint density at radius 2 is 2.14 bits per heavy atom. The Morgan fingerprint density at radius 1 is 1.28 bits per heavy atom. The number of pyridine rings is 1. The van der Waals surface area contributed by atoms with Crippen LogP contribution in [-0.4, -0.2) is 46.9 Å². The fourth-order valence-electron chi connectivity index (χ4n) is 3.36. The molecular formula is C21H22BN5O2. The molecule has 29 heavy (non-hydrogen) atoms. The zero-order valence-electron chi connectivity index (χ0n) is 16.6. The van der Waals surface area contributed by atoms with E-state index in [4.69, 9.17) is 12.5 Å². The van der Waals surface area contributed by atoms with E-state index in [1.54, 1.807) is 17.1 Å². The highest BCUT2D eigenvalue weighted by molar-refractivity contribution is 6.05. The van der Waals surface area contributed by atoms with Crippen molar-refractivity contribution in [1.82, 2.24) is 19.9 Å². The van der Waals surface area contributed by atoms with Crippen LogP contribution in [0.5, 0.6) is 0 Å². The molecule has 7 nitrogen and oxygen atoms in total. The summed E-state index contributed by atoms with van der Waals surface area (Å²) in [6, 6.07) is 9.85. The van der Waals surface area contributed by atoms with E-state index in [1.165, 1.54) is 11.1 Å². The highest BCUT2D eigenvalue weighted by Gasteiger charge is 2.25. The van der Waals surface area contributed by atoms with Crippen LogP contribution in [0.1, 0.15) is 29.0 Å². The third-order valence-corrected chi connectivity index (χ3v) is 5.26. The first kappa shape index (κ1) is 19.3. The number of carbonyl (C=O) groups excluding carboxylic acids is 1. The van der Waals surface area contributed by atoms with Crippen molar-refractivity contribution in [2.75, 3.05) is 18.4 Å².